The maximum atomic E-state index is 12.4. The number of sulfone groups is 1. The predicted molar refractivity (Wildman–Crippen MR) is 76.0 cm³/mol. The number of non-ortho nitro benzene ring substituents is 1. The molecule has 0 amide bonds. The highest BCUT2D eigenvalue weighted by Gasteiger charge is 2.34. The summed E-state index contributed by atoms with van der Waals surface area (Å²) in [7, 11) is -3.15. The van der Waals surface area contributed by atoms with Gasteiger partial charge in [0, 0.05) is 29.1 Å². The van der Waals surface area contributed by atoms with E-state index < -0.39 is 20.7 Å². The van der Waals surface area contributed by atoms with Crippen LogP contribution in [0.4, 0.5) is 5.69 Å². The number of nitrogens with zero attached hydrogens (tertiary/aromatic N) is 1. The van der Waals surface area contributed by atoms with Crippen LogP contribution in [0.25, 0.3) is 10.9 Å². The molecule has 2 aromatic rings. The molecule has 7 nitrogen and oxygen atoms in total. The van der Waals surface area contributed by atoms with Gasteiger partial charge < -0.3 is 4.98 Å². The Morgan fingerprint density at radius 3 is 2.76 bits per heavy atom. The Labute approximate surface area is 120 Å². The number of nitrogens with one attached hydrogen (secondary N) is 1. The summed E-state index contributed by atoms with van der Waals surface area (Å²) in [6.45, 7) is 0. The standard InChI is InChI=1S/C13H12N2O5S/c16-13(8-4-5-21(19,20)7-8)10-6-14-12-9(10)2-1-3-11(12)15(17)18/h1-3,6,8,14H,4-5,7H2. The zero-order valence-corrected chi connectivity index (χ0v) is 11.7. The molecule has 110 valence electrons. The monoisotopic (exact) mass is 308 g/mol. The first-order valence-corrected chi connectivity index (χ1v) is 8.20. The minimum atomic E-state index is -3.15. The minimum absolute atomic E-state index is 0.0198. The summed E-state index contributed by atoms with van der Waals surface area (Å²) in [5.74, 6) is -0.963. The maximum Gasteiger partial charge on any atom is 0.293 e. The first-order chi connectivity index (χ1) is 9.89. The second kappa shape index (κ2) is 4.66. The molecule has 8 heteroatoms. The number of nitro groups is 1. The number of carbonyl (C=O) groups excluding carboxylic acids is 1. The van der Waals surface area contributed by atoms with Gasteiger partial charge in [0.25, 0.3) is 5.69 Å². The summed E-state index contributed by atoms with van der Waals surface area (Å²) >= 11 is 0. The average molecular weight is 308 g/mol. The number of ketones is 1. The van der Waals surface area contributed by atoms with E-state index in [4.69, 9.17) is 0 Å². The fourth-order valence-electron chi connectivity index (χ4n) is 2.72. The fraction of sp³-hybridized carbons (Fsp3) is 0.308. The van der Waals surface area contributed by atoms with Crippen molar-refractivity contribution in [2.75, 3.05) is 11.5 Å². The van der Waals surface area contributed by atoms with E-state index in [0.717, 1.165) is 0 Å². The molecule has 1 aromatic heterocycles. The molecule has 2 heterocycles. The number of fused-ring (bicyclic) bond motifs is 1. The van der Waals surface area contributed by atoms with Crippen LogP contribution in [0, 0.1) is 16.0 Å². The van der Waals surface area contributed by atoms with E-state index in [0.29, 0.717) is 17.4 Å². The molecule has 0 radical (unpaired) electrons. The molecule has 0 bridgehead atoms. The highest BCUT2D eigenvalue weighted by atomic mass is 32.2. The van der Waals surface area contributed by atoms with Gasteiger partial charge in [-0.05, 0) is 6.42 Å². The second-order valence-corrected chi connectivity index (χ2v) is 7.35. The lowest BCUT2D eigenvalue weighted by Gasteiger charge is -2.05. The van der Waals surface area contributed by atoms with E-state index in [1.54, 1.807) is 6.07 Å². The number of aromatic amines is 1. The van der Waals surface area contributed by atoms with Crippen molar-refractivity contribution in [2.45, 2.75) is 6.42 Å². The van der Waals surface area contributed by atoms with Crippen LogP contribution in [0.5, 0.6) is 0 Å². The molecule has 0 spiro atoms. The topological polar surface area (TPSA) is 110 Å². The van der Waals surface area contributed by atoms with E-state index in [1.165, 1.54) is 18.3 Å². The van der Waals surface area contributed by atoms with Crippen molar-refractivity contribution in [1.82, 2.24) is 4.98 Å². The summed E-state index contributed by atoms with van der Waals surface area (Å²) < 4.78 is 22.9. The molecule has 1 saturated heterocycles. The number of rotatable bonds is 3. The number of nitro benzene ring substituents is 1. The molecule has 1 atom stereocenters. The summed E-state index contributed by atoms with van der Waals surface area (Å²) in [6, 6.07) is 4.49. The van der Waals surface area contributed by atoms with E-state index in [-0.39, 0.29) is 28.5 Å². The van der Waals surface area contributed by atoms with Crippen molar-refractivity contribution in [2.24, 2.45) is 5.92 Å². The van der Waals surface area contributed by atoms with Gasteiger partial charge in [-0.3, -0.25) is 14.9 Å². The highest BCUT2D eigenvalue weighted by Crippen LogP contribution is 2.30. The van der Waals surface area contributed by atoms with Gasteiger partial charge in [-0.2, -0.15) is 0 Å². The number of benzene rings is 1. The zero-order chi connectivity index (χ0) is 15.2. The van der Waals surface area contributed by atoms with Crippen LogP contribution in [0.3, 0.4) is 0 Å². The average Bonchev–Trinajstić information content (AvgIpc) is 3.00. The number of para-hydroxylation sites is 1. The largest absolute Gasteiger partial charge is 0.355 e. The molecular weight excluding hydrogens is 296 g/mol. The van der Waals surface area contributed by atoms with Crippen LogP contribution in [0.1, 0.15) is 16.8 Å². The van der Waals surface area contributed by atoms with Gasteiger partial charge in [0.15, 0.2) is 15.6 Å². The molecule has 0 aliphatic carbocycles. The third-order valence-electron chi connectivity index (χ3n) is 3.76. The molecule has 3 rings (SSSR count). The summed E-state index contributed by atoms with van der Waals surface area (Å²) in [5, 5.41) is 11.4. The van der Waals surface area contributed by atoms with Crippen LogP contribution in [0.2, 0.25) is 0 Å². The normalized spacial score (nSPS) is 20.7. The zero-order valence-electron chi connectivity index (χ0n) is 10.9. The smallest absolute Gasteiger partial charge is 0.293 e. The lowest BCUT2D eigenvalue weighted by atomic mass is 9.97. The molecule has 1 unspecified atom stereocenters. The van der Waals surface area contributed by atoms with Crippen molar-refractivity contribution in [3.05, 3.63) is 40.1 Å². The molecule has 21 heavy (non-hydrogen) atoms. The summed E-state index contributed by atoms with van der Waals surface area (Å²) in [5.41, 5.74) is 0.494. The lowest BCUT2D eigenvalue weighted by Crippen LogP contribution is -2.15. The minimum Gasteiger partial charge on any atom is -0.355 e. The number of hydrogen-bond acceptors (Lipinski definition) is 5. The second-order valence-electron chi connectivity index (χ2n) is 5.12. The molecule has 1 fully saturated rings. The number of hydrogen-bond donors (Lipinski definition) is 1. The van der Waals surface area contributed by atoms with Crippen LogP contribution >= 0.6 is 0 Å². The number of aromatic nitrogens is 1. The SMILES string of the molecule is O=C(c1c[nH]c2c([N+](=O)[O-])cccc12)C1CCS(=O)(=O)C1. The number of carbonyl (C=O) groups is 1. The Morgan fingerprint density at radius 1 is 1.38 bits per heavy atom. The number of Topliss-reactive ketones (excluding diaryl/α,β-unsaturated/α-hetero) is 1. The van der Waals surface area contributed by atoms with Gasteiger partial charge >= 0.3 is 0 Å². The van der Waals surface area contributed by atoms with Crippen molar-refractivity contribution in [3.8, 4) is 0 Å². The van der Waals surface area contributed by atoms with Crippen LogP contribution < -0.4 is 0 Å². The Morgan fingerprint density at radius 2 is 2.14 bits per heavy atom. The molecule has 1 aromatic carbocycles. The quantitative estimate of drug-likeness (QED) is 0.527. The third kappa shape index (κ3) is 2.31. The number of H-pyrrole nitrogens is 1. The van der Waals surface area contributed by atoms with Crippen molar-refractivity contribution < 1.29 is 18.1 Å². The van der Waals surface area contributed by atoms with Gasteiger partial charge in [0.2, 0.25) is 0 Å². The maximum absolute atomic E-state index is 12.4. The highest BCUT2D eigenvalue weighted by molar-refractivity contribution is 7.91. The van der Waals surface area contributed by atoms with Crippen molar-refractivity contribution in [3.63, 3.8) is 0 Å². The van der Waals surface area contributed by atoms with Crippen LogP contribution in [0.15, 0.2) is 24.4 Å². The molecule has 1 aliphatic heterocycles. The third-order valence-corrected chi connectivity index (χ3v) is 5.53. The van der Waals surface area contributed by atoms with Gasteiger partial charge in [-0.15, -0.1) is 0 Å². The fourth-order valence-corrected chi connectivity index (χ4v) is 4.46. The van der Waals surface area contributed by atoms with Crippen LogP contribution in [-0.2, 0) is 9.84 Å². The van der Waals surface area contributed by atoms with E-state index in [1.807, 2.05) is 0 Å². The Bertz CT molecular complexity index is 853. The van der Waals surface area contributed by atoms with Gasteiger partial charge in [0.05, 0.1) is 16.4 Å². The van der Waals surface area contributed by atoms with Gasteiger partial charge in [-0.25, -0.2) is 8.42 Å². The summed E-state index contributed by atoms with van der Waals surface area (Å²) in [4.78, 5) is 25.6. The van der Waals surface area contributed by atoms with Gasteiger partial charge in [0.1, 0.15) is 5.52 Å². The van der Waals surface area contributed by atoms with Crippen LogP contribution in [-0.4, -0.2) is 35.6 Å². The lowest BCUT2D eigenvalue weighted by molar-refractivity contribution is -0.383. The summed E-state index contributed by atoms with van der Waals surface area (Å²) in [6.07, 6.45) is 1.73. The van der Waals surface area contributed by atoms with E-state index >= 15 is 0 Å². The Hall–Kier alpha value is -2.22. The van der Waals surface area contributed by atoms with Gasteiger partial charge in [-0.1, -0.05) is 12.1 Å². The molecule has 0 saturated carbocycles. The van der Waals surface area contributed by atoms with E-state index in [2.05, 4.69) is 4.98 Å². The van der Waals surface area contributed by atoms with Crippen molar-refractivity contribution >= 4 is 32.2 Å². The Kier molecular flexibility index (Phi) is 3.05. The first-order valence-electron chi connectivity index (χ1n) is 6.38. The van der Waals surface area contributed by atoms with E-state index in [9.17, 15) is 23.3 Å². The Balaban J connectivity index is 2.04. The molecule has 1 N–H and O–H groups in total. The predicted octanol–water partition coefficient (Wildman–Crippen LogP) is 1.69. The molecular formula is C13H12N2O5S. The first kappa shape index (κ1) is 13.7. The van der Waals surface area contributed by atoms with Crippen molar-refractivity contribution in [1.29, 1.82) is 0 Å². The molecule has 1 aliphatic rings.